The molecule has 0 aliphatic heterocycles. The van der Waals surface area contributed by atoms with Crippen LogP contribution in [0.4, 0.5) is 0 Å². The number of allylic oxidation sites excluding steroid dienone is 1. The lowest BCUT2D eigenvalue weighted by atomic mass is 9.65. The highest BCUT2D eigenvalue weighted by Gasteiger charge is 2.35. The van der Waals surface area contributed by atoms with E-state index in [9.17, 15) is 4.79 Å². The van der Waals surface area contributed by atoms with Crippen molar-refractivity contribution in [2.45, 2.75) is 77.0 Å². The smallest absolute Gasteiger partial charge is 0.308 e. The summed E-state index contributed by atoms with van der Waals surface area (Å²) in [6.45, 7) is 3.98. The van der Waals surface area contributed by atoms with Crippen LogP contribution in [0.1, 0.15) is 77.0 Å². The summed E-state index contributed by atoms with van der Waals surface area (Å²) in [5.41, 5.74) is 0. The molecular weight excluding hydrogens is 296 g/mol. The van der Waals surface area contributed by atoms with E-state index in [2.05, 4.69) is 12.7 Å². The van der Waals surface area contributed by atoms with E-state index < -0.39 is 0 Å². The molecule has 0 bridgehead atoms. The highest BCUT2D eigenvalue weighted by atomic mass is 16.5. The minimum absolute atomic E-state index is 0.0206. The maximum absolute atomic E-state index is 11.7. The molecule has 3 fully saturated rings. The largest absolute Gasteiger partial charge is 0.469 e. The molecule has 136 valence electrons. The fraction of sp³-hybridized carbons (Fsp3) is 0.864. The summed E-state index contributed by atoms with van der Waals surface area (Å²) in [7, 11) is 1.53. The summed E-state index contributed by atoms with van der Waals surface area (Å²) in [5.74, 6) is 4.81. The van der Waals surface area contributed by atoms with Crippen LogP contribution < -0.4 is 0 Å². The molecule has 0 atom stereocenters. The van der Waals surface area contributed by atoms with Crippen molar-refractivity contribution >= 4 is 5.97 Å². The first-order chi connectivity index (χ1) is 11.7. The number of rotatable bonds is 4. The third-order valence-corrected chi connectivity index (χ3v) is 7.61. The highest BCUT2D eigenvalue weighted by Crippen LogP contribution is 2.46. The number of carbonyl (C=O) groups is 1. The molecule has 3 aliphatic carbocycles. The van der Waals surface area contributed by atoms with Crippen LogP contribution in [0.3, 0.4) is 0 Å². The van der Waals surface area contributed by atoms with Gasteiger partial charge in [0.2, 0.25) is 0 Å². The van der Waals surface area contributed by atoms with Gasteiger partial charge in [-0.1, -0.05) is 6.08 Å². The Bertz CT molecular complexity index is 406. The van der Waals surface area contributed by atoms with Crippen LogP contribution in [0, 0.1) is 35.5 Å². The predicted molar refractivity (Wildman–Crippen MR) is 98.6 cm³/mol. The number of carbonyl (C=O) groups excluding carboxylic acids is 1. The summed E-state index contributed by atoms with van der Waals surface area (Å²) in [5, 5.41) is 0. The van der Waals surface area contributed by atoms with Crippen molar-refractivity contribution in [2.75, 3.05) is 7.11 Å². The van der Waals surface area contributed by atoms with Crippen molar-refractivity contribution in [1.29, 1.82) is 0 Å². The number of methoxy groups -OCH3 is 1. The quantitative estimate of drug-likeness (QED) is 0.483. The normalized spacial score (nSPS) is 40.7. The molecule has 0 spiro atoms. The monoisotopic (exact) mass is 332 g/mol. The topological polar surface area (TPSA) is 26.3 Å². The Hall–Kier alpha value is -0.790. The minimum atomic E-state index is 0.0206. The van der Waals surface area contributed by atoms with Crippen molar-refractivity contribution in [2.24, 2.45) is 35.5 Å². The first kappa shape index (κ1) is 18.0. The van der Waals surface area contributed by atoms with Gasteiger partial charge in [0.05, 0.1) is 13.0 Å². The van der Waals surface area contributed by atoms with Crippen molar-refractivity contribution in [3.8, 4) is 0 Å². The van der Waals surface area contributed by atoms with Gasteiger partial charge in [-0.2, -0.15) is 0 Å². The molecule has 0 amide bonds. The Labute approximate surface area is 148 Å². The number of hydrogen-bond acceptors (Lipinski definition) is 2. The predicted octanol–water partition coefficient (Wildman–Crippen LogP) is 5.76. The molecule has 2 nitrogen and oxygen atoms in total. The molecule has 3 saturated carbocycles. The second kappa shape index (κ2) is 8.54. The number of ether oxygens (including phenoxy) is 1. The van der Waals surface area contributed by atoms with Crippen LogP contribution >= 0.6 is 0 Å². The first-order valence-electron chi connectivity index (χ1n) is 10.4. The van der Waals surface area contributed by atoms with Gasteiger partial charge in [0.25, 0.3) is 0 Å². The van der Waals surface area contributed by atoms with Gasteiger partial charge in [0.15, 0.2) is 0 Å². The molecule has 0 aromatic rings. The molecule has 0 aromatic heterocycles. The lowest BCUT2D eigenvalue weighted by Gasteiger charge is -2.41. The molecular formula is C22H36O2. The van der Waals surface area contributed by atoms with E-state index in [0.717, 1.165) is 42.4 Å². The maximum Gasteiger partial charge on any atom is 0.308 e. The fourth-order valence-corrected chi connectivity index (χ4v) is 5.93. The van der Waals surface area contributed by atoms with Crippen LogP contribution in [-0.4, -0.2) is 13.1 Å². The Kier molecular flexibility index (Phi) is 6.41. The molecule has 0 unspecified atom stereocenters. The fourth-order valence-electron chi connectivity index (χ4n) is 5.93. The molecule has 2 heteroatoms. The Morgan fingerprint density at radius 2 is 1.12 bits per heavy atom. The van der Waals surface area contributed by atoms with E-state index in [1.165, 1.54) is 71.3 Å². The van der Waals surface area contributed by atoms with Crippen LogP contribution in [0.2, 0.25) is 0 Å². The summed E-state index contributed by atoms with van der Waals surface area (Å²) < 4.78 is 4.92. The van der Waals surface area contributed by atoms with Gasteiger partial charge in [0, 0.05) is 0 Å². The van der Waals surface area contributed by atoms with Crippen molar-refractivity contribution in [3.63, 3.8) is 0 Å². The maximum atomic E-state index is 11.7. The van der Waals surface area contributed by atoms with Crippen molar-refractivity contribution < 1.29 is 9.53 Å². The highest BCUT2D eigenvalue weighted by molar-refractivity contribution is 5.72. The molecule has 0 aromatic carbocycles. The Balaban J connectivity index is 1.40. The lowest BCUT2D eigenvalue weighted by Crippen LogP contribution is -2.31. The van der Waals surface area contributed by atoms with E-state index in [4.69, 9.17) is 4.74 Å². The standard InChI is InChI=1S/C22H36O2/c1-3-16-4-6-17(7-5-16)18-8-10-19(11-9-18)20-12-14-21(15-13-20)22(23)24-2/h3,16-21H,1,4-15H2,2H3/t16-,17-,18?,19?,20-,21-. The zero-order valence-corrected chi connectivity index (χ0v) is 15.6. The van der Waals surface area contributed by atoms with E-state index >= 15 is 0 Å². The molecule has 0 radical (unpaired) electrons. The van der Waals surface area contributed by atoms with Gasteiger partial charge in [-0.05, 0) is 107 Å². The third kappa shape index (κ3) is 4.24. The first-order valence-corrected chi connectivity index (χ1v) is 10.4. The molecule has 3 rings (SSSR count). The van der Waals surface area contributed by atoms with Gasteiger partial charge in [-0.3, -0.25) is 4.79 Å². The van der Waals surface area contributed by atoms with E-state index in [1.54, 1.807) is 0 Å². The van der Waals surface area contributed by atoms with Crippen molar-refractivity contribution in [1.82, 2.24) is 0 Å². The molecule has 24 heavy (non-hydrogen) atoms. The van der Waals surface area contributed by atoms with E-state index in [0.29, 0.717) is 0 Å². The van der Waals surface area contributed by atoms with Crippen LogP contribution in [-0.2, 0) is 9.53 Å². The van der Waals surface area contributed by atoms with Gasteiger partial charge < -0.3 is 4.74 Å². The summed E-state index contributed by atoms with van der Waals surface area (Å²) in [6, 6.07) is 0. The van der Waals surface area contributed by atoms with Crippen LogP contribution in [0.5, 0.6) is 0 Å². The van der Waals surface area contributed by atoms with Gasteiger partial charge >= 0.3 is 5.97 Å². The Morgan fingerprint density at radius 1 is 0.750 bits per heavy atom. The Morgan fingerprint density at radius 3 is 1.50 bits per heavy atom. The number of hydrogen-bond donors (Lipinski definition) is 0. The van der Waals surface area contributed by atoms with E-state index in [-0.39, 0.29) is 11.9 Å². The van der Waals surface area contributed by atoms with Crippen molar-refractivity contribution in [3.05, 3.63) is 12.7 Å². The van der Waals surface area contributed by atoms with Crippen LogP contribution in [0.15, 0.2) is 12.7 Å². The summed E-state index contributed by atoms with van der Waals surface area (Å²) >= 11 is 0. The van der Waals surface area contributed by atoms with Gasteiger partial charge in [-0.25, -0.2) is 0 Å². The summed E-state index contributed by atoms with van der Waals surface area (Å²) in [4.78, 5) is 11.7. The number of esters is 1. The second-order valence-electron chi connectivity index (χ2n) is 8.72. The SMILES string of the molecule is C=C[C@H]1CC[C@H](C2CCC([C@H]3CC[C@H](C(=O)OC)CC3)CC2)CC1. The minimum Gasteiger partial charge on any atom is -0.469 e. The van der Waals surface area contributed by atoms with Gasteiger partial charge in [0.1, 0.15) is 0 Å². The molecule has 3 aliphatic rings. The average molecular weight is 333 g/mol. The second-order valence-corrected chi connectivity index (χ2v) is 8.72. The zero-order valence-electron chi connectivity index (χ0n) is 15.6. The van der Waals surface area contributed by atoms with E-state index in [1.807, 2.05) is 0 Å². The van der Waals surface area contributed by atoms with Crippen LogP contribution in [0.25, 0.3) is 0 Å². The zero-order chi connectivity index (χ0) is 16.9. The lowest BCUT2D eigenvalue weighted by molar-refractivity contribution is -0.147. The average Bonchev–Trinajstić information content (AvgIpc) is 2.68. The molecule has 0 heterocycles. The molecule has 0 N–H and O–H groups in total. The van der Waals surface area contributed by atoms with Gasteiger partial charge in [-0.15, -0.1) is 6.58 Å². The summed E-state index contributed by atoms with van der Waals surface area (Å²) in [6.07, 6.45) is 18.3. The molecule has 0 saturated heterocycles. The third-order valence-electron chi connectivity index (χ3n) is 7.61.